The SMILES string of the molecule is Cc1cccc(C(=O)NCCNC(=O)c2cc3ccccc3cc2C(=O)O)c1. The van der Waals surface area contributed by atoms with Gasteiger partial charge in [-0.25, -0.2) is 4.79 Å². The second kappa shape index (κ2) is 8.35. The third-order valence-electron chi connectivity index (χ3n) is 4.34. The van der Waals surface area contributed by atoms with Gasteiger partial charge in [-0.05, 0) is 42.0 Å². The number of carboxylic acids is 1. The third-order valence-corrected chi connectivity index (χ3v) is 4.34. The fraction of sp³-hybridized carbons (Fsp3) is 0.136. The normalized spacial score (nSPS) is 10.5. The zero-order chi connectivity index (χ0) is 20.1. The number of carbonyl (C=O) groups is 3. The Hall–Kier alpha value is -3.67. The number of carboxylic acid groups (broad SMARTS) is 1. The summed E-state index contributed by atoms with van der Waals surface area (Å²) in [5.41, 5.74) is 1.57. The summed E-state index contributed by atoms with van der Waals surface area (Å²) in [7, 11) is 0. The average Bonchev–Trinajstić information content (AvgIpc) is 2.69. The average molecular weight is 376 g/mol. The largest absolute Gasteiger partial charge is 0.478 e. The van der Waals surface area contributed by atoms with E-state index in [4.69, 9.17) is 0 Å². The first-order chi connectivity index (χ1) is 13.5. The van der Waals surface area contributed by atoms with Crippen molar-refractivity contribution >= 4 is 28.6 Å². The third kappa shape index (κ3) is 4.35. The number of amides is 2. The van der Waals surface area contributed by atoms with Crippen molar-refractivity contribution in [2.75, 3.05) is 13.1 Å². The first-order valence-corrected chi connectivity index (χ1v) is 8.85. The number of aromatic carboxylic acids is 1. The molecular formula is C22H20N2O4. The molecule has 6 heteroatoms. The first kappa shape index (κ1) is 19.1. The summed E-state index contributed by atoms with van der Waals surface area (Å²) in [5, 5.41) is 16.4. The van der Waals surface area contributed by atoms with Crippen molar-refractivity contribution in [3.8, 4) is 0 Å². The molecule has 0 unspecified atom stereocenters. The van der Waals surface area contributed by atoms with E-state index in [1.54, 1.807) is 30.3 Å². The summed E-state index contributed by atoms with van der Waals surface area (Å²) in [6.45, 7) is 2.32. The molecule has 6 nitrogen and oxygen atoms in total. The monoisotopic (exact) mass is 376 g/mol. The predicted molar refractivity (Wildman–Crippen MR) is 107 cm³/mol. The number of carbonyl (C=O) groups excluding carboxylic acids is 2. The van der Waals surface area contributed by atoms with Gasteiger partial charge in [-0.1, -0.05) is 42.0 Å². The van der Waals surface area contributed by atoms with E-state index in [1.807, 2.05) is 31.2 Å². The van der Waals surface area contributed by atoms with Gasteiger partial charge in [0.15, 0.2) is 0 Å². The molecule has 0 atom stereocenters. The van der Waals surface area contributed by atoms with E-state index in [2.05, 4.69) is 10.6 Å². The fourth-order valence-electron chi connectivity index (χ4n) is 2.94. The summed E-state index contributed by atoms with van der Waals surface area (Å²) in [4.78, 5) is 36.1. The van der Waals surface area contributed by atoms with E-state index in [-0.39, 0.29) is 30.1 Å². The van der Waals surface area contributed by atoms with Crippen LogP contribution >= 0.6 is 0 Å². The molecule has 0 heterocycles. The van der Waals surface area contributed by atoms with E-state index in [0.29, 0.717) is 5.56 Å². The van der Waals surface area contributed by atoms with Crippen molar-refractivity contribution in [1.29, 1.82) is 0 Å². The van der Waals surface area contributed by atoms with Crippen LogP contribution in [0.15, 0.2) is 60.7 Å². The van der Waals surface area contributed by atoms with Crippen LogP contribution in [0, 0.1) is 6.92 Å². The van der Waals surface area contributed by atoms with E-state index < -0.39 is 11.9 Å². The van der Waals surface area contributed by atoms with Crippen molar-refractivity contribution in [3.05, 3.63) is 82.9 Å². The lowest BCUT2D eigenvalue weighted by Crippen LogP contribution is -2.35. The van der Waals surface area contributed by atoms with Gasteiger partial charge >= 0.3 is 5.97 Å². The molecule has 28 heavy (non-hydrogen) atoms. The topological polar surface area (TPSA) is 95.5 Å². The van der Waals surface area contributed by atoms with E-state index in [9.17, 15) is 19.5 Å². The van der Waals surface area contributed by atoms with Crippen LogP contribution in [0.1, 0.15) is 36.6 Å². The molecule has 0 bridgehead atoms. The molecule has 0 aromatic heterocycles. The molecule has 0 fully saturated rings. The predicted octanol–water partition coefficient (Wildman–Crippen LogP) is 3.01. The smallest absolute Gasteiger partial charge is 0.336 e. The zero-order valence-corrected chi connectivity index (χ0v) is 15.4. The van der Waals surface area contributed by atoms with Crippen molar-refractivity contribution in [2.45, 2.75) is 6.92 Å². The lowest BCUT2D eigenvalue weighted by molar-refractivity contribution is 0.0691. The van der Waals surface area contributed by atoms with Gasteiger partial charge in [-0.3, -0.25) is 9.59 Å². The Bertz CT molecular complexity index is 1060. The van der Waals surface area contributed by atoms with Gasteiger partial charge in [0.2, 0.25) is 0 Å². The molecule has 0 saturated heterocycles. The molecule has 3 aromatic rings. The Morgan fingerprint density at radius 2 is 1.39 bits per heavy atom. The van der Waals surface area contributed by atoms with Crippen LogP contribution in [0.5, 0.6) is 0 Å². The molecule has 3 aromatic carbocycles. The van der Waals surface area contributed by atoms with E-state index >= 15 is 0 Å². The highest BCUT2D eigenvalue weighted by atomic mass is 16.4. The van der Waals surface area contributed by atoms with Crippen molar-refractivity contribution in [1.82, 2.24) is 10.6 Å². The summed E-state index contributed by atoms with van der Waals surface area (Å²) in [6.07, 6.45) is 0. The van der Waals surface area contributed by atoms with Gasteiger partial charge in [0.05, 0.1) is 11.1 Å². The Kier molecular flexibility index (Phi) is 5.69. The lowest BCUT2D eigenvalue weighted by Gasteiger charge is -2.10. The van der Waals surface area contributed by atoms with Crippen LogP contribution in [0.25, 0.3) is 10.8 Å². The lowest BCUT2D eigenvalue weighted by atomic mass is 10.0. The molecular weight excluding hydrogens is 356 g/mol. The second-order valence-electron chi connectivity index (χ2n) is 6.43. The van der Waals surface area contributed by atoms with Gasteiger partial charge in [0.1, 0.15) is 0 Å². The number of hydrogen-bond donors (Lipinski definition) is 3. The molecule has 0 saturated carbocycles. The van der Waals surface area contributed by atoms with Crippen LogP contribution < -0.4 is 10.6 Å². The van der Waals surface area contributed by atoms with Crippen LogP contribution in [0.3, 0.4) is 0 Å². The quantitative estimate of drug-likeness (QED) is 0.576. The molecule has 0 spiro atoms. The summed E-state index contributed by atoms with van der Waals surface area (Å²) in [5.74, 6) is -1.88. The summed E-state index contributed by atoms with van der Waals surface area (Å²) in [6, 6.07) is 17.5. The number of fused-ring (bicyclic) bond motifs is 1. The number of aryl methyl sites for hydroxylation is 1. The molecule has 0 radical (unpaired) electrons. The van der Waals surface area contributed by atoms with Gasteiger partial charge in [-0.15, -0.1) is 0 Å². The minimum absolute atomic E-state index is 0.0556. The maximum atomic E-state index is 12.5. The maximum absolute atomic E-state index is 12.5. The molecule has 0 aliphatic heterocycles. The van der Waals surface area contributed by atoms with E-state index in [0.717, 1.165) is 16.3 Å². The zero-order valence-electron chi connectivity index (χ0n) is 15.4. The Labute approximate surface area is 162 Å². The Morgan fingerprint density at radius 1 is 0.786 bits per heavy atom. The van der Waals surface area contributed by atoms with Gasteiger partial charge in [-0.2, -0.15) is 0 Å². The Morgan fingerprint density at radius 3 is 2.00 bits per heavy atom. The number of rotatable bonds is 6. The minimum atomic E-state index is -1.16. The summed E-state index contributed by atoms with van der Waals surface area (Å²) < 4.78 is 0. The van der Waals surface area contributed by atoms with Gasteiger partial charge < -0.3 is 15.7 Å². The number of benzene rings is 3. The van der Waals surface area contributed by atoms with Crippen molar-refractivity contribution in [2.24, 2.45) is 0 Å². The molecule has 3 N–H and O–H groups in total. The molecule has 142 valence electrons. The van der Waals surface area contributed by atoms with Gasteiger partial charge in [0.25, 0.3) is 11.8 Å². The molecule has 2 amide bonds. The molecule has 3 rings (SSSR count). The van der Waals surface area contributed by atoms with Crippen molar-refractivity contribution in [3.63, 3.8) is 0 Å². The number of nitrogens with one attached hydrogen (secondary N) is 2. The number of hydrogen-bond acceptors (Lipinski definition) is 3. The fourth-order valence-corrected chi connectivity index (χ4v) is 2.94. The highest BCUT2D eigenvalue weighted by molar-refractivity contribution is 6.08. The van der Waals surface area contributed by atoms with Crippen LogP contribution in [0.2, 0.25) is 0 Å². The van der Waals surface area contributed by atoms with Gasteiger partial charge in [0, 0.05) is 18.7 Å². The van der Waals surface area contributed by atoms with E-state index in [1.165, 1.54) is 6.07 Å². The second-order valence-corrected chi connectivity index (χ2v) is 6.43. The van der Waals surface area contributed by atoms with Crippen LogP contribution in [-0.2, 0) is 0 Å². The van der Waals surface area contributed by atoms with Crippen LogP contribution in [-0.4, -0.2) is 36.0 Å². The van der Waals surface area contributed by atoms with Crippen molar-refractivity contribution < 1.29 is 19.5 Å². The highest BCUT2D eigenvalue weighted by Gasteiger charge is 2.17. The minimum Gasteiger partial charge on any atom is -0.478 e. The molecule has 0 aliphatic carbocycles. The maximum Gasteiger partial charge on any atom is 0.336 e. The first-order valence-electron chi connectivity index (χ1n) is 8.85. The summed E-state index contributed by atoms with van der Waals surface area (Å²) >= 11 is 0. The van der Waals surface area contributed by atoms with Crippen LogP contribution in [0.4, 0.5) is 0 Å². The standard InChI is InChI=1S/C22H20N2O4/c1-14-5-4-8-17(11-14)20(25)23-9-10-24-21(26)18-12-15-6-2-3-7-16(15)13-19(18)22(27)28/h2-8,11-13H,9-10H2,1H3,(H,23,25)(H,24,26)(H,27,28). The Balaban J connectivity index is 1.64. The highest BCUT2D eigenvalue weighted by Crippen LogP contribution is 2.20. The molecule has 0 aliphatic rings.